The SMILES string of the molecule is CC(C)(C)Nc1ccc2nc(C(=O)C(C)(C)C)cnc2c1. The second-order valence-electron chi connectivity index (χ2n) is 7.41. The Morgan fingerprint density at radius 1 is 1.05 bits per heavy atom. The summed E-state index contributed by atoms with van der Waals surface area (Å²) in [6.45, 7) is 12.0. The topological polar surface area (TPSA) is 54.9 Å². The molecule has 0 aliphatic rings. The van der Waals surface area contributed by atoms with Gasteiger partial charge >= 0.3 is 0 Å². The maximum Gasteiger partial charge on any atom is 0.188 e. The number of carbonyl (C=O) groups is 1. The van der Waals surface area contributed by atoms with Gasteiger partial charge in [-0.25, -0.2) is 4.98 Å². The van der Waals surface area contributed by atoms with Crippen molar-refractivity contribution in [2.45, 2.75) is 47.1 Å². The van der Waals surface area contributed by atoms with Crippen molar-refractivity contribution in [3.63, 3.8) is 0 Å². The Bertz CT molecular complexity index is 678. The molecule has 1 aromatic carbocycles. The van der Waals surface area contributed by atoms with E-state index >= 15 is 0 Å². The third-order valence-corrected chi connectivity index (χ3v) is 2.98. The molecule has 4 nitrogen and oxygen atoms in total. The number of hydrogen-bond acceptors (Lipinski definition) is 4. The number of carbonyl (C=O) groups excluding carboxylic acids is 1. The molecule has 2 rings (SSSR count). The standard InChI is InChI=1S/C17H23N3O/c1-16(2,3)15(21)14-10-18-13-9-11(20-17(4,5)6)7-8-12(13)19-14/h7-10,20H,1-6H3. The Morgan fingerprint density at radius 2 is 1.71 bits per heavy atom. The molecule has 1 N–H and O–H groups in total. The van der Waals surface area contributed by atoms with Crippen LogP contribution in [-0.2, 0) is 0 Å². The molecule has 0 amide bonds. The lowest BCUT2D eigenvalue weighted by Gasteiger charge is -2.22. The summed E-state index contributed by atoms with van der Waals surface area (Å²) in [6.07, 6.45) is 1.57. The van der Waals surface area contributed by atoms with Crippen LogP contribution < -0.4 is 5.32 Å². The van der Waals surface area contributed by atoms with Crippen LogP contribution in [-0.4, -0.2) is 21.3 Å². The van der Waals surface area contributed by atoms with E-state index in [4.69, 9.17) is 0 Å². The summed E-state index contributed by atoms with van der Waals surface area (Å²) in [7, 11) is 0. The number of nitrogens with one attached hydrogen (secondary N) is 1. The minimum Gasteiger partial charge on any atom is -0.380 e. The molecule has 0 aliphatic carbocycles. The van der Waals surface area contributed by atoms with Gasteiger partial charge in [0.2, 0.25) is 0 Å². The van der Waals surface area contributed by atoms with Crippen molar-refractivity contribution in [1.29, 1.82) is 0 Å². The van der Waals surface area contributed by atoms with Gasteiger partial charge in [-0.3, -0.25) is 9.78 Å². The zero-order chi connectivity index (χ0) is 15.8. The normalized spacial score (nSPS) is 12.5. The van der Waals surface area contributed by atoms with Crippen molar-refractivity contribution in [3.05, 3.63) is 30.1 Å². The molecule has 0 bridgehead atoms. The highest BCUT2D eigenvalue weighted by Gasteiger charge is 2.24. The summed E-state index contributed by atoms with van der Waals surface area (Å²) >= 11 is 0. The zero-order valence-corrected chi connectivity index (χ0v) is 13.6. The van der Waals surface area contributed by atoms with Crippen LogP contribution >= 0.6 is 0 Å². The van der Waals surface area contributed by atoms with E-state index < -0.39 is 5.41 Å². The average molecular weight is 285 g/mol. The van der Waals surface area contributed by atoms with Crippen LogP contribution in [0, 0.1) is 5.41 Å². The largest absolute Gasteiger partial charge is 0.380 e. The summed E-state index contributed by atoms with van der Waals surface area (Å²) in [4.78, 5) is 21.1. The van der Waals surface area contributed by atoms with E-state index in [0.29, 0.717) is 5.69 Å². The van der Waals surface area contributed by atoms with Crippen LogP contribution in [0.1, 0.15) is 52.0 Å². The van der Waals surface area contributed by atoms with Gasteiger partial charge in [-0.2, -0.15) is 0 Å². The number of aromatic nitrogens is 2. The fourth-order valence-electron chi connectivity index (χ4n) is 2.02. The predicted octanol–water partition coefficient (Wildman–Crippen LogP) is 4.07. The van der Waals surface area contributed by atoms with Crippen LogP contribution in [0.15, 0.2) is 24.4 Å². The summed E-state index contributed by atoms with van der Waals surface area (Å²) in [5, 5.41) is 3.40. The molecular formula is C17H23N3O. The number of ketones is 1. The van der Waals surface area contributed by atoms with E-state index in [9.17, 15) is 4.79 Å². The molecule has 4 heteroatoms. The zero-order valence-electron chi connectivity index (χ0n) is 13.6. The number of fused-ring (bicyclic) bond motifs is 1. The van der Waals surface area contributed by atoms with Gasteiger partial charge in [0.25, 0.3) is 0 Å². The monoisotopic (exact) mass is 285 g/mol. The average Bonchev–Trinajstić information content (AvgIpc) is 2.34. The summed E-state index contributed by atoms with van der Waals surface area (Å²) in [6, 6.07) is 5.82. The quantitative estimate of drug-likeness (QED) is 0.845. The minimum atomic E-state index is -0.448. The molecule has 1 aromatic heterocycles. The first-order valence-electron chi connectivity index (χ1n) is 7.16. The third kappa shape index (κ3) is 3.78. The van der Waals surface area contributed by atoms with Gasteiger partial charge in [0, 0.05) is 16.6 Å². The predicted molar refractivity (Wildman–Crippen MR) is 86.7 cm³/mol. The molecule has 0 unspecified atom stereocenters. The third-order valence-electron chi connectivity index (χ3n) is 2.98. The minimum absolute atomic E-state index is 0.00814. The fraction of sp³-hybridized carbons (Fsp3) is 0.471. The molecule has 21 heavy (non-hydrogen) atoms. The van der Waals surface area contributed by atoms with Crippen molar-refractivity contribution >= 4 is 22.5 Å². The lowest BCUT2D eigenvalue weighted by molar-refractivity contribution is 0.0853. The summed E-state index contributed by atoms with van der Waals surface area (Å²) < 4.78 is 0. The van der Waals surface area contributed by atoms with Crippen LogP contribution in [0.3, 0.4) is 0 Å². The number of anilines is 1. The van der Waals surface area contributed by atoms with Crippen molar-refractivity contribution in [2.24, 2.45) is 5.41 Å². The fourth-order valence-corrected chi connectivity index (χ4v) is 2.02. The van der Waals surface area contributed by atoms with Crippen molar-refractivity contribution in [3.8, 4) is 0 Å². The van der Waals surface area contributed by atoms with Crippen LogP contribution in [0.25, 0.3) is 11.0 Å². The molecule has 2 aromatic rings. The molecule has 0 spiro atoms. The Kier molecular flexibility index (Phi) is 3.74. The van der Waals surface area contributed by atoms with Gasteiger partial charge < -0.3 is 5.32 Å². The van der Waals surface area contributed by atoms with Crippen molar-refractivity contribution in [1.82, 2.24) is 9.97 Å². The highest BCUT2D eigenvalue weighted by Crippen LogP contribution is 2.22. The van der Waals surface area contributed by atoms with Crippen molar-refractivity contribution in [2.75, 3.05) is 5.32 Å². The maximum atomic E-state index is 12.2. The summed E-state index contributed by atoms with van der Waals surface area (Å²) in [5.74, 6) is 0.00814. The van der Waals surface area contributed by atoms with Gasteiger partial charge in [0.15, 0.2) is 5.78 Å². The number of nitrogens with zero attached hydrogens (tertiary/aromatic N) is 2. The molecule has 0 saturated carbocycles. The number of rotatable bonds is 2. The van der Waals surface area contributed by atoms with E-state index in [1.807, 2.05) is 39.0 Å². The highest BCUT2D eigenvalue weighted by molar-refractivity contribution is 5.99. The second kappa shape index (κ2) is 5.10. The molecule has 0 atom stereocenters. The first kappa shape index (κ1) is 15.4. The molecule has 0 radical (unpaired) electrons. The summed E-state index contributed by atoms with van der Waals surface area (Å²) in [5.41, 5.74) is 2.49. The van der Waals surface area contributed by atoms with E-state index in [0.717, 1.165) is 16.7 Å². The van der Waals surface area contributed by atoms with Crippen LogP contribution in [0.5, 0.6) is 0 Å². The van der Waals surface area contributed by atoms with Gasteiger partial charge in [0.05, 0.1) is 17.2 Å². The molecule has 112 valence electrons. The van der Waals surface area contributed by atoms with Gasteiger partial charge in [-0.05, 0) is 39.0 Å². The maximum absolute atomic E-state index is 12.2. The van der Waals surface area contributed by atoms with Crippen LogP contribution in [0.2, 0.25) is 0 Å². The van der Waals surface area contributed by atoms with Crippen molar-refractivity contribution < 1.29 is 4.79 Å². The molecular weight excluding hydrogens is 262 g/mol. The lowest BCUT2D eigenvalue weighted by Crippen LogP contribution is -2.26. The number of Topliss-reactive ketones (excluding diaryl/α,β-unsaturated/α-hetero) is 1. The molecule has 0 aliphatic heterocycles. The van der Waals surface area contributed by atoms with E-state index in [-0.39, 0.29) is 11.3 Å². The highest BCUT2D eigenvalue weighted by atomic mass is 16.1. The van der Waals surface area contributed by atoms with Gasteiger partial charge in [0.1, 0.15) is 5.69 Å². The molecule has 0 fully saturated rings. The molecule has 1 heterocycles. The Balaban J connectivity index is 2.38. The van der Waals surface area contributed by atoms with Gasteiger partial charge in [-0.15, -0.1) is 0 Å². The van der Waals surface area contributed by atoms with E-state index in [1.165, 1.54) is 0 Å². The van der Waals surface area contributed by atoms with Crippen LogP contribution in [0.4, 0.5) is 5.69 Å². The smallest absolute Gasteiger partial charge is 0.188 e. The first-order chi connectivity index (χ1) is 9.56. The second-order valence-corrected chi connectivity index (χ2v) is 7.41. The Morgan fingerprint density at radius 3 is 2.29 bits per heavy atom. The lowest BCUT2D eigenvalue weighted by atomic mass is 9.89. The van der Waals surface area contributed by atoms with E-state index in [1.54, 1.807) is 6.20 Å². The van der Waals surface area contributed by atoms with E-state index in [2.05, 4.69) is 36.1 Å². The van der Waals surface area contributed by atoms with Gasteiger partial charge in [-0.1, -0.05) is 20.8 Å². The Labute approximate surface area is 126 Å². The first-order valence-corrected chi connectivity index (χ1v) is 7.16. The number of hydrogen-bond donors (Lipinski definition) is 1. The Hall–Kier alpha value is -1.97. The number of benzene rings is 1. The molecule has 0 saturated heterocycles.